The maximum Gasteiger partial charge on any atom is 0.329 e. The summed E-state index contributed by atoms with van der Waals surface area (Å²) in [4.78, 5) is 30.8. The number of piperidine rings is 1. The van der Waals surface area contributed by atoms with Crippen molar-refractivity contribution in [2.45, 2.75) is 31.9 Å². The Morgan fingerprint density at radius 2 is 1.96 bits per heavy atom. The Labute approximate surface area is 141 Å². The van der Waals surface area contributed by atoms with Crippen molar-refractivity contribution in [2.24, 2.45) is 0 Å². The van der Waals surface area contributed by atoms with Gasteiger partial charge < -0.3 is 9.64 Å². The molecule has 1 amide bonds. The molecule has 0 radical (unpaired) electrons. The van der Waals surface area contributed by atoms with Gasteiger partial charge in [0.2, 0.25) is 0 Å². The molecule has 124 valence electrons. The van der Waals surface area contributed by atoms with Gasteiger partial charge in [0.25, 0.3) is 5.91 Å². The van der Waals surface area contributed by atoms with Gasteiger partial charge >= 0.3 is 5.97 Å². The summed E-state index contributed by atoms with van der Waals surface area (Å²) in [6.45, 7) is 0.796. The molecule has 0 N–H and O–H groups in total. The van der Waals surface area contributed by atoms with Gasteiger partial charge in [-0.1, -0.05) is 30.3 Å². The summed E-state index contributed by atoms with van der Waals surface area (Å²) in [5.41, 5.74) is 1.44. The number of likely N-dealkylation sites (tertiary alicyclic amines) is 1. The van der Waals surface area contributed by atoms with Crippen molar-refractivity contribution in [3.05, 3.63) is 66.0 Å². The third-order valence-electron chi connectivity index (χ3n) is 4.17. The zero-order chi connectivity index (χ0) is 16.8. The van der Waals surface area contributed by atoms with E-state index < -0.39 is 6.04 Å². The summed E-state index contributed by atoms with van der Waals surface area (Å²) < 4.78 is 5.44. The highest BCUT2D eigenvalue weighted by atomic mass is 16.5. The van der Waals surface area contributed by atoms with E-state index in [4.69, 9.17) is 4.74 Å². The van der Waals surface area contributed by atoms with E-state index in [0.717, 1.165) is 18.4 Å². The monoisotopic (exact) mass is 324 g/mol. The Morgan fingerprint density at radius 3 is 2.71 bits per heavy atom. The van der Waals surface area contributed by atoms with Crippen LogP contribution in [0.5, 0.6) is 0 Å². The summed E-state index contributed by atoms with van der Waals surface area (Å²) in [5, 5.41) is 0. The number of esters is 1. The number of hydrogen-bond acceptors (Lipinski definition) is 4. The molecule has 1 aromatic heterocycles. The Hall–Kier alpha value is -2.69. The number of nitrogens with zero attached hydrogens (tertiary/aromatic N) is 2. The molecule has 1 aromatic carbocycles. The first-order chi connectivity index (χ1) is 11.8. The van der Waals surface area contributed by atoms with E-state index in [2.05, 4.69) is 4.98 Å². The van der Waals surface area contributed by atoms with E-state index in [-0.39, 0.29) is 18.5 Å². The van der Waals surface area contributed by atoms with E-state index in [1.165, 1.54) is 6.20 Å². The molecule has 0 spiro atoms. The Kier molecular flexibility index (Phi) is 5.21. The first-order valence-electron chi connectivity index (χ1n) is 8.17. The maximum atomic E-state index is 12.7. The molecule has 5 heteroatoms. The summed E-state index contributed by atoms with van der Waals surface area (Å²) in [6, 6.07) is 12.5. The number of aromatic nitrogens is 1. The van der Waals surface area contributed by atoms with E-state index in [1.807, 2.05) is 30.3 Å². The van der Waals surface area contributed by atoms with Gasteiger partial charge in [-0.15, -0.1) is 0 Å². The fraction of sp³-hybridized carbons (Fsp3) is 0.316. The second kappa shape index (κ2) is 7.73. The third kappa shape index (κ3) is 3.79. The topological polar surface area (TPSA) is 59.5 Å². The molecule has 2 aromatic rings. The van der Waals surface area contributed by atoms with E-state index in [0.29, 0.717) is 18.5 Å². The fourth-order valence-electron chi connectivity index (χ4n) is 2.90. The highest BCUT2D eigenvalue weighted by Crippen LogP contribution is 2.21. The standard InChI is InChI=1S/C19H20N2O3/c22-18(16-9-6-11-20-13-16)21-12-5-4-10-17(21)19(23)24-14-15-7-2-1-3-8-15/h1-3,6-9,11,13,17H,4-5,10,12,14H2/t17-/m0/s1. The molecule has 1 aliphatic rings. The van der Waals surface area contributed by atoms with Crippen LogP contribution in [-0.4, -0.2) is 34.3 Å². The molecule has 1 fully saturated rings. The SMILES string of the molecule is O=C(OCc1ccccc1)[C@@H]1CCCCN1C(=O)c1cccnc1. The number of amides is 1. The summed E-state index contributed by atoms with van der Waals surface area (Å²) in [6.07, 6.45) is 5.61. The lowest BCUT2D eigenvalue weighted by Crippen LogP contribution is -2.48. The van der Waals surface area contributed by atoms with Crippen molar-refractivity contribution in [2.75, 3.05) is 6.54 Å². The van der Waals surface area contributed by atoms with Crippen LogP contribution in [0, 0.1) is 0 Å². The lowest BCUT2D eigenvalue weighted by molar-refractivity contribution is -0.151. The van der Waals surface area contributed by atoms with Gasteiger partial charge in [-0.3, -0.25) is 9.78 Å². The Balaban J connectivity index is 1.67. The van der Waals surface area contributed by atoms with Gasteiger partial charge in [-0.05, 0) is 37.0 Å². The minimum atomic E-state index is -0.518. The third-order valence-corrected chi connectivity index (χ3v) is 4.17. The number of benzene rings is 1. The average Bonchev–Trinajstić information content (AvgIpc) is 2.67. The molecule has 2 heterocycles. The van der Waals surface area contributed by atoms with Gasteiger partial charge in [0.1, 0.15) is 12.6 Å². The number of carbonyl (C=O) groups is 2. The Morgan fingerprint density at radius 1 is 1.12 bits per heavy atom. The van der Waals surface area contributed by atoms with Crippen LogP contribution in [-0.2, 0) is 16.1 Å². The number of ether oxygens (including phenoxy) is 1. The first-order valence-corrected chi connectivity index (χ1v) is 8.17. The lowest BCUT2D eigenvalue weighted by atomic mass is 10.0. The number of carbonyl (C=O) groups excluding carboxylic acids is 2. The van der Waals surface area contributed by atoms with Crippen molar-refractivity contribution >= 4 is 11.9 Å². The highest BCUT2D eigenvalue weighted by Gasteiger charge is 2.33. The summed E-state index contributed by atoms with van der Waals surface area (Å²) in [7, 11) is 0. The summed E-state index contributed by atoms with van der Waals surface area (Å²) >= 11 is 0. The van der Waals surface area contributed by atoms with E-state index >= 15 is 0 Å². The second-order valence-corrected chi connectivity index (χ2v) is 5.85. The van der Waals surface area contributed by atoms with Crippen molar-refractivity contribution in [1.29, 1.82) is 0 Å². The van der Waals surface area contributed by atoms with Crippen LogP contribution in [0.4, 0.5) is 0 Å². The molecule has 3 rings (SSSR count). The van der Waals surface area contributed by atoms with Gasteiger partial charge in [-0.2, -0.15) is 0 Å². The van der Waals surface area contributed by atoms with Gasteiger partial charge in [0.15, 0.2) is 0 Å². The molecule has 1 atom stereocenters. The highest BCUT2D eigenvalue weighted by molar-refractivity contribution is 5.96. The van der Waals surface area contributed by atoms with Gasteiger partial charge in [0, 0.05) is 18.9 Å². The minimum Gasteiger partial charge on any atom is -0.459 e. The Bertz CT molecular complexity index is 688. The molecule has 1 saturated heterocycles. The smallest absolute Gasteiger partial charge is 0.329 e. The predicted molar refractivity (Wildman–Crippen MR) is 89.2 cm³/mol. The minimum absolute atomic E-state index is 0.163. The summed E-state index contributed by atoms with van der Waals surface area (Å²) in [5.74, 6) is -0.500. The quantitative estimate of drug-likeness (QED) is 0.812. The normalized spacial score (nSPS) is 17.3. The van der Waals surface area contributed by atoms with Gasteiger partial charge in [-0.25, -0.2) is 4.79 Å². The molecule has 1 aliphatic heterocycles. The number of pyridine rings is 1. The molecule has 0 unspecified atom stereocenters. The molecular weight excluding hydrogens is 304 g/mol. The maximum absolute atomic E-state index is 12.7. The largest absolute Gasteiger partial charge is 0.459 e. The van der Waals surface area contributed by atoms with Crippen LogP contribution in [0.3, 0.4) is 0 Å². The number of rotatable bonds is 4. The van der Waals surface area contributed by atoms with Crippen molar-refractivity contribution < 1.29 is 14.3 Å². The molecule has 0 aliphatic carbocycles. The van der Waals surface area contributed by atoms with E-state index in [1.54, 1.807) is 23.2 Å². The molecule has 0 bridgehead atoms. The van der Waals surface area contributed by atoms with Crippen LogP contribution in [0.15, 0.2) is 54.9 Å². The fourth-order valence-corrected chi connectivity index (χ4v) is 2.90. The lowest BCUT2D eigenvalue weighted by Gasteiger charge is -2.34. The van der Waals surface area contributed by atoms with Crippen LogP contribution in [0.2, 0.25) is 0 Å². The molecular formula is C19H20N2O3. The van der Waals surface area contributed by atoms with Crippen LogP contribution < -0.4 is 0 Å². The first kappa shape index (κ1) is 16.2. The van der Waals surface area contributed by atoms with Crippen LogP contribution in [0.25, 0.3) is 0 Å². The van der Waals surface area contributed by atoms with Crippen LogP contribution in [0.1, 0.15) is 35.2 Å². The van der Waals surface area contributed by atoms with Crippen molar-refractivity contribution in [3.8, 4) is 0 Å². The van der Waals surface area contributed by atoms with E-state index in [9.17, 15) is 9.59 Å². The zero-order valence-corrected chi connectivity index (χ0v) is 13.4. The second-order valence-electron chi connectivity index (χ2n) is 5.85. The molecule has 24 heavy (non-hydrogen) atoms. The average molecular weight is 324 g/mol. The molecule has 5 nitrogen and oxygen atoms in total. The van der Waals surface area contributed by atoms with Crippen molar-refractivity contribution in [1.82, 2.24) is 9.88 Å². The zero-order valence-electron chi connectivity index (χ0n) is 13.4. The number of hydrogen-bond donors (Lipinski definition) is 0. The van der Waals surface area contributed by atoms with Gasteiger partial charge in [0.05, 0.1) is 5.56 Å². The van der Waals surface area contributed by atoms with Crippen molar-refractivity contribution in [3.63, 3.8) is 0 Å². The van der Waals surface area contributed by atoms with Crippen LogP contribution >= 0.6 is 0 Å². The molecule has 0 saturated carbocycles. The predicted octanol–water partition coefficient (Wildman–Crippen LogP) is 2.82.